The van der Waals surface area contributed by atoms with Gasteiger partial charge in [0.25, 0.3) is 5.91 Å². The maximum absolute atomic E-state index is 12.7. The van der Waals surface area contributed by atoms with Gasteiger partial charge in [-0.3, -0.25) is 9.89 Å². The summed E-state index contributed by atoms with van der Waals surface area (Å²) in [6, 6.07) is 12.8. The Morgan fingerprint density at radius 3 is 2.75 bits per heavy atom. The minimum atomic E-state index is -0.178. The van der Waals surface area contributed by atoms with Gasteiger partial charge in [0.2, 0.25) is 12.7 Å². The van der Waals surface area contributed by atoms with Gasteiger partial charge in [0.05, 0.1) is 11.3 Å². The topological polar surface area (TPSA) is 122 Å². The van der Waals surface area contributed by atoms with Crippen molar-refractivity contribution in [1.29, 1.82) is 5.26 Å². The third kappa shape index (κ3) is 4.21. The number of pyridine rings is 1. The largest absolute Gasteiger partial charge is 0.474 e. The van der Waals surface area contributed by atoms with E-state index >= 15 is 0 Å². The molecule has 1 aromatic carbocycles. The van der Waals surface area contributed by atoms with Crippen LogP contribution in [0.3, 0.4) is 0 Å². The number of carbonyl (C=O) groups excluding carboxylic acids is 1. The molecule has 0 unspecified atom stereocenters. The summed E-state index contributed by atoms with van der Waals surface area (Å²) in [5.74, 6) is 1.72. The molecule has 1 aliphatic carbocycles. The van der Waals surface area contributed by atoms with E-state index in [0.717, 1.165) is 31.2 Å². The number of nitrogens with zero attached hydrogens (tertiary/aromatic N) is 3. The summed E-state index contributed by atoms with van der Waals surface area (Å²) in [7, 11) is 0. The second-order valence-corrected chi connectivity index (χ2v) is 7.80. The molecule has 9 nitrogen and oxygen atoms in total. The normalized spacial score (nSPS) is 19.2. The lowest BCUT2D eigenvalue weighted by molar-refractivity contribution is 0.0885. The average Bonchev–Trinajstić information content (AvgIpc) is 3.50. The van der Waals surface area contributed by atoms with Gasteiger partial charge in [0, 0.05) is 23.9 Å². The summed E-state index contributed by atoms with van der Waals surface area (Å²) < 4.78 is 16.6. The van der Waals surface area contributed by atoms with Gasteiger partial charge in [-0.2, -0.15) is 10.4 Å². The summed E-state index contributed by atoms with van der Waals surface area (Å²) in [6.07, 6.45) is 4.82. The molecular weight excluding hydrogens is 410 g/mol. The molecule has 0 atom stereocenters. The minimum Gasteiger partial charge on any atom is -0.474 e. The fraction of sp³-hybridized carbons (Fsp3) is 0.304. The summed E-state index contributed by atoms with van der Waals surface area (Å²) >= 11 is 0. The molecule has 1 fully saturated rings. The monoisotopic (exact) mass is 431 g/mol. The highest BCUT2D eigenvalue weighted by molar-refractivity contribution is 5.93. The molecule has 3 heterocycles. The van der Waals surface area contributed by atoms with Crippen LogP contribution in [0.5, 0.6) is 17.4 Å². The van der Waals surface area contributed by atoms with Gasteiger partial charge in [0.1, 0.15) is 17.9 Å². The third-order valence-electron chi connectivity index (χ3n) is 5.65. The molecule has 0 bridgehead atoms. The zero-order valence-corrected chi connectivity index (χ0v) is 17.2. The van der Waals surface area contributed by atoms with Crippen LogP contribution in [0.4, 0.5) is 0 Å². The number of hydrogen-bond acceptors (Lipinski definition) is 7. The maximum Gasteiger partial charge on any atom is 0.269 e. The number of nitrogens with one attached hydrogen (secondary N) is 2. The molecular formula is C23H21N5O4. The van der Waals surface area contributed by atoms with E-state index in [1.54, 1.807) is 18.2 Å². The summed E-state index contributed by atoms with van der Waals surface area (Å²) in [5, 5.41) is 19.0. The van der Waals surface area contributed by atoms with Gasteiger partial charge in [-0.15, -0.1) is 0 Å². The number of aromatic nitrogens is 3. The Hall–Kier alpha value is -4.06. The van der Waals surface area contributed by atoms with E-state index in [2.05, 4.69) is 20.5 Å². The number of fused-ring (bicyclic) bond motifs is 1. The second-order valence-electron chi connectivity index (χ2n) is 7.80. The lowest BCUT2D eigenvalue weighted by Crippen LogP contribution is -2.39. The predicted octanol–water partition coefficient (Wildman–Crippen LogP) is 3.19. The predicted molar refractivity (Wildman–Crippen MR) is 113 cm³/mol. The van der Waals surface area contributed by atoms with Crippen molar-refractivity contribution in [2.75, 3.05) is 6.79 Å². The Kier molecular flexibility index (Phi) is 5.34. The van der Waals surface area contributed by atoms with Crippen LogP contribution >= 0.6 is 0 Å². The van der Waals surface area contributed by atoms with Gasteiger partial charge >= 0.3 is 0 Å². The van der Waals surface area contributed by atoms with Crippen LogP contribution in [0.2, 0.25) is 0 Å². The number of rotatable bonds is 5. The summed E-state index contributed by atoms with van der Waals surface area (Å²) in [6.45, 7) is 0.213. The van der Waals surface area contributed by atoms with E-state index in [1.165, 1.54) is 6.20 Å². The summed E-state index contributed by atoms with van der Waals surface area (Å²) in [5.41, 5.74) is 2.43. The Balaban J connectivity index is 1.14. The Bertz CT molecular complexity index is 1160. The van der Waals surface area contributed by atoms with E-state index in [0.29, 0.717) is 34.3 Å². The highest BCUT2D eigenvalue weighted by Crippen LogP contribution is 2.35. The van der Waals surface area contributed by atoms with Crippen molar-refractivity contribution in [3.8, 4) is 34.7 Å². The van der Waals surface area contributed by atoms with Crippen molar-refractivity contribution in [1.82, 2.24) is 20.5 Å². The van der Waals surface area contributed by atoms with Crippen molar-refractivity contribution in [2.24, 2.45) is 0 Å². The molecule has 5 rings (SSSR count). The highest BCUT2D eigenvalue weighted by Gasteiger charge is 2.25. The number of aromatic amines is 1. The Morgan fingerprint density at radius 2 is 1.97 bits per heavy atom. The Morgan fingerprint density at radius 1 is 1.12 bits per heavy atom. The molecule has 0 radical (unpaired) electrons. The number of hydrogen-bond donors (Lipinski definition) is 2. The van der Waals surface area contributed by atoms with Crippen LogP contribution in [0.25, 0.3) is 11.3 Å². The van der Waals surface area contributed by atoms with Crippen molar-refractivity contribution >= 4 is 5.91 Å². The van der Waals surface area contributed by atoms with Crippen LogP contribution in [0.15, 0.2) is 42.6 Å². The zero-order valence-electron chi connectivity index (χ0n) is 17.2. The van der Waals surface area contributed by atoms with Gasteiger partial charge in [-0.25, -0.2) is 4.98 Å². The molecule has 162 valence electrons. The molecule has 1 saturated carbocycles. The number of nitriles is 1. The molecule has 2 aromatic heterocycles. The van der Waals surface area contributed by atoms with Gasteiger partial charge in [-0.05, 0) is 56.0 Å². The third-order valence-corrected chi connectivity index (χ3v) is 5.65. The molecule has 9 heteroatoms. The van der Waals surface area contributed by atoms with E-state index in [-0.39, 0.29) is 24.8 Å². The molecule has 2 aliphatic rings. The minimum absolute atomic E-state index is 0.0494. The van der Waals surface area contributed by atoms with E-state index in [9.17, 15) is 4.79 Å². The van der Waals surface area contributed by atoms with Crippen LogP contribution < -0.4 is 19.5 Å². The van der Waals surface area contributed by atoms with Crippen molar-refractivity contribution < 1.29 is 19.0 Å². The maximum atomic E-state index is 12.7. The molecule has 1 aliphatic heterocycles. The molecule has 2 N–H and O–H groups in total. The molecule has 0 spiro atoms. The van der Waals surface area contributed by atoms with Crippen molar-refractivity contribution in [2.45, 2.75) is 37.8 Å². The van der Waals surface area contributed by atoms with E-state index in [1.807, 2.05) is 24.3 Å². The standard InChI is InChI=1S/C23H21N5O4/c24-11-14-1-8-22(25-12-14)32-17-5-3-16(4-6-17)26-23(29)19-10-18(27-28-19)15-2-7-20-21(9-15)31-13-30-20/h1-2,7-10,12,16-17H,3-6,13H2,(H,26,29)(H,27,28). The number of amides is 1. The lowest BCUT2D eigenvalue weighted by Gasteiger charge is -2.29. The second kappa shape index (κ2) is 8.59. The number of benzene rings is 1. The first-order valence-electron chi connectivity index (χ1n) is 10.5. The first-order valence-corrected chi connectivity index (χ1v) is 10.5. The van der Waals surface area contributed by atoms with Gasteiger partial charge in [0.15, 0.2) is 11.5 Å². The Labute approximate surface area is 184 Å². The van der Waals surface area contributed by atoms with Crippen molar-refractivity contribution in [3.63, 3.8) is 0 Å². The molecule has 1 amide bonds. The smallest absolute Gasteiger partial charge is 0.269 e. The fourth-order valence-electron chi connectivity index (χ4n) is 3.92. The molecule has 32 heavy (non-hydrogen) atoms. The van der Waals surface area contributed by atoms with Gasteiger partial charge < -0.3 is 19.5 Å². The quantitative estimate of drug-likeness (QED) is 0.636. The van der Waals surface area contributed by atoms with Crippen LogP contribution in [-0.2, 0) is 0 Å². The highest BCUT2D eigenvalue weighted by atomic mass is 16.7. The lowest BCUT2D eigenvalue weighted by atomic mass is 9.93. The number of H-pyrrole nitrogens is 1. The van der Waals surface area contributed by atoms with Gasteiger partial charge in [-0.1, -0.05) is 0 Å². The van der Waals surface area contributed by atoms with E-state index < -0.39 is 0 Å². The first-order chi connectivity index (χ1) is 15.7. The number of carbonyl (C=O) groups is 1. The van der Waals surface area contributed by atoms with Crippen LogP contribution in [0.1, 0.15) is 41.7 Å². The van der Waals surface area contributed by atoms with Crippen molar-refractivity contribution in [3.05, 3.63) is 53.9 Å². The summed E-state index contributed by atoms with van der Waals surface area (Å²) in [4.78, 5) is 16.8. The molecule has 0 saturated heterocycles. The molecule has 3 aromatic rings. The number of ether oxygens (including phenoxy) is 3. The first kappa shape index (κ1) is 19.9. The SMILES string of the molecule is N#Cc1ccc(OC2CCC(NC(=O)c3cc(-c4ccc5c(c4)OCO5)n[nH]3)CC2)nc1. The van der Waals surface area contributed by atoms with Crippen LogP contribution in [0, 0.1) is 11.3 Å². The average molecular weight is 431 g/mol. The fourth-order valence-corrected chi connectivity index (χ4v) is 3.92. The van der Waals surface area contributed by atoms with E-state index in [4.69, 9.17) is 19.5 Å². The zero-order chi connectivity index (χ0) is 21.9. The van der Waals surface area contributed by atoms with Crippen LogP contribution in [-0.4, -0.2) is 40.0 Å².